The molecule has 2 heterocycles. The topological polar surface area (TPSA) is 94.4 Å². The minimum absolute atomic E-state index is 0.211. The molecule has 2 atom stereocenters. The van der Waals surface area contributed by atoms with Gasteiger partial charge in [-0.1, -0.05) is 40.6 Å². The van der Waals surface area contributed by atoms with Crippen LogP contribution in [0, 0.1) is 13.8 Å². The Balaban J connectivity index is 1.49. The number of fused-ring (bicyclic) bond motifs is 1. The summed E-state index contributed by atoms with van der Waals surface area (Å²) in [4.78, 5) is 39.2. The van der Waals surface area contributed by atoms with E-state index in [0.29, 0.717) is 16.4 Å². The van der Waals surface area contributed by atoms with Gasteiger partial charge in [0.2, 0.25) is 5.91 Å². The highest BCUT2D eigenvalue weighted by Crippen LogP contribution is 2.32. The Labute approximate surface area is 172 Å². The van der Waals surface area contributed by atoms with E-state index in [9.17, 15) is 14.4 Å². The molecule has 1 fully saturated rings. The lowest BCUT2D eigenvalue weighted by molar-refractivity contribution is -0.123. The molecule has 0 saturated carbocycles. The second-order valence-electron chi connectivity index (χ2n) is 7.00. The predicted molar refractivity (Wildman–Crippen MR) is 108 cm³/mol. The third kappa shape index (κ3) is 3.36. The number of carbonyl (C=O) groups is 3. The van der Waals surface area contributed by atoms with Gasteiger partial charge in [-0.25, -0.2) is 4.90 Å². The van der Waals surface area contributed by atoms with Gasteiger partial charge in [-0.3, -0.25) is 19.4 Å². The van der Waals surface area contributed by atoms with Crippen LogP contribution in [-0.4, -0.2) is 41.4 Å². The van der Waals surface area contributed by atoms with Crippen LogP contribution in [0.5, 0.6) is 0 Å². The number of nitrogens with one attached hydrogen (secondary N) is 1. The molecule has 2 aliphatic rings. The van der Waals surface area contributed by atoms with Crippen molar-refractivity contribution in [2.45, 2.75) is 25.9 Å². The summed E-state index contributed by atoms with van der Waals surface area (Å²) in [5.74, 6) is -1.27. The SMILES string of the molecule is Cc1ccc(N2C(=O)[C@H]3N=NN(CC(=O)Nc4cccc(Cl)c4C)[C@H]3C2=O)cc1. The zero-order chi connectivity index (χ0) is 20.7. The molecule has 9 heteroatoms. The van der Waals surface area contributed by atoms with E-state index in [1.165, 1.54) is 5.01 Å². The maximum atomic E-state index is 12.9. The molecule has 2 aromatic carbocycles. The fraction of sp³-hybridized carbons (Fsp3) is 0.250. The van der Waals surface area contributed by atoms with Crippen molar-refractivity contribution in [3.8, 4) is 0 Å². The van der Waals surface area contributed by atoms with E-state index in [-0.39, 0.29) is 12.5 Å². The molecular weight excluding hydrogens is 394 g/mol. The van der Waals surface area contributed by atoms with E-state index >= 15 is 0 Å². The van der Waals surface area contributed by atoms with E-state index in [1.54, 1.807) is 37.3 Å². The zero-order valence-electron chi connectivity index (χ0n) is 15.8. The largest absolute Gasteiger partial charge is 0.324 e. The highest BCUT2D eigenvalue weighted by atomic mass is 35.5. The molecule has 2 aliphatic heterocycles. The number of hydrogen-bond donors (Lipinski definition) is 1. The van der Waals surface area contributed by atoms with E-state index in [1.807, 2.05) is 19.1 Å². The highest BCUT2D eigenvalue weighted by molar-refractivity contribution is 6.31. The minimum Gasteiger partial charge on any atom is -0.324 e. The lowest BCUT2D eigenvalue weighted by Crippen LogP contribution is -2.43. The summed E-state index contributed by atoms with van der Waals surface area (Å²) >= 11 is 6.08. The minimum atomic E-state index is -0.940. The van der Waals surface area contributed by atoms with Crippen molar-refractivity contribution >= 4 is 40.7 Å². The van der Waals surface area contributed by atoms with Crippen molar-refractivity contribution in [2.24, 2.45) is 10.3 Å². The molecule has 29 heavy (non-hydrogen) atoms. The quantitative estimate of drug-likeness (QED) is 0.782. The number of halogens is 1. The summed E-state index contributed by atoms with van der Waals surface area (Å²) in [5, 5.41) is 12.4. The Hall–Kier alpha value is -3.26. The van der Waals surface area contributed by atoms with Crippen LogP contribution in [0.3, 0.4) is 0 Å². The van der Waals surface area contributed by atoms with Crippen molar-refractivity contribution in [1.29, 1.82) is 0 Å². The van der Waals surface area contributed by atoms with Crippen LogP contribution in [0.4, 0.5) is 11.4 Å². The van der Waals surface area contributed by atoms with E-state index in [4.69, 9.17) is 11.6 Å². The second kappa shape index (κ2) is 7.29. The molecule has 3 amide bonds. The number of hydrogen-bond acceptors (Lipinski definition) is 6. The predicted octanol–water partition coefficient (Wildman–Crippen LogP) is 2.89. The normalized spacial score (nSPS) is 20.4. The second-order valence-corrected chi connectivity index (χ2v) is 7.41. The number of benzene rings is 2. The van der Waals surface area contributed by atoms with Crippen LogP contribution in [0.15, 0.2) is 52.8 Å². The van der Waals surface area contributed by atoms with Gasteiger partial charge in [0, 0.05) is 10.7 Å². The Morgan fingerprint density at radius 2 is 1.83 bits per heavy atom. The number of rotatable bonds is 4. The highest BCUT2D eigenvalue weighted by Gasteiger charge is 2.55. The molecule has 0 aliphatic carbocycles. The third-order valence-corrected chi connectivity index (χ3v) is 5.41. The summed E-state index contributed by atoms with van der Waals surface area (Å²) in [5.41, 5.74) is 2.81. The summed E-state index contributed by atoms with van der Waals surface area (Å²) in [6.07, 6.45) is 0. The van der Waals surface area contributed by atoms with E-state index in [2.05, 4.69) is 15.7 Å². The summed E-state index contributed by atoms with van der Waals surface area (Å²) in [7, 11) is 0. The van der Waals surface area contributed by atoms with Gasteiger partial charge < -0.3 is 5.32 Å². The molecule has 0 bridgehead atoms. The lowest BCUT2D eigenvalue weighted by Gasteiger charge is -2.20. The molecule has 2 aromatic rings. The summed E-state index contributed by atoms with van der Waals surface area (Å²) in [6, 6.07) is 10.4. The first-order valence-corrected chi connectivity index (χ1v) is 9.41. The van der Waals surface area contributed by atoms with Gasteiger partial charge in [-0.15, -0.1) is 0 Å². The molecule has 0 aromatic heterocycles. The van der Waals surface area contributed by atoms with Gasteiger partial charge in [-0.2, -0.15) is 5.11 Å². The Morgan fingerprint density at radius 1 is 1.10 bits per heavy atom. The first kappa shape index (κ1) is 19.1. The fourth-order valence-electron chi connectivity index (χ4n) is 3.38. The van der Waals surface area contributed by atoms with Gasteiger partial charge >= 0.3 is 0 Å². The van der Waals surface area contributed by atoms with E-state index in [0.717, 1.165) is 16.0 Å². The van der Waals surface area contributed by atoms with Crippen molar-refractivity contribution < 1.29 is 14.4 Å². The number of imide groups is 1. The van der Waals surface area contributed by atoms with Crippen molar-refractivity contribution in [3.63, 3.8) is 0 Å². The number of anilines is 2. The van der Waals surface area contributed by atoms with Crippen molar-refractivity contribution in [3.05, 3.63) is 58.6 Å². The van der Waals surface area contributed by atoms with Crippen LogP contribution in [0.25, 0.3) is 0 Å². The Kier molecular flexibility index (Phi) is 4.79. The smallest absolute Gasteiger partial charge is 0.263 e. The average molecular weight is 412 g/mol. The molecular formula is C20H18ClN5O3. The van der Waals surface area contributed by atoms with Crippen molar-refractivity contribution in [1.82, 2.24) is 5.01 Å². The molecule has 1 saturated heterocycles. The fourth-order valence-corrected chi connectivity index (χ4v) is 3.56. The van der Waals surface area contributed by atoms with Crippen LogP contribution >= 0.6 is 11.6 Å². The third-order valence-electron chi connectivity index (χ3n) is 5.00. The van der Waals surface area contributed by atoms with Crippen LogP contribution in [0.2, 0.25) is 5.02 Å². The number of nitrogens with zero attached hydrogens (tertiary/aromatic N) is 4. The van der Waals surface area contributed by atoms with Gasteiger partial charge in [0.05, 0.1) is 5.69 Å². The van der Waals surface area contributed by atoms with Crippen LogP contribution in [0.1, 0.15) is 11.1 Å². The first-order valence-electron chi connectivity index (χ1n) is 9.03. The number of aryl methyl sites for hydroxylation is 1. The molecule has 0 unspecified atom stereocenters. The number of carbonyl (C=O) groups excluding carboxylic acids is 3. The maximum Gasteiger partial charge on any atom is 0.263 e. The first-order chi connectivity index (χ1) is 13.9. The molecule has 148 valence electrons. The standard InChI is InChI=1S/C20H18ClN5O3/c1-11-6-8-13(9-7-11)26-19(28)17-18(20(26)29)25(24-23-17)10-16(27)22-15-5-3-4-14(21)12(15)2/h3-9,17-18H,10H2,1-2H3,(H,22,27)/t17-,18+/m0/s1. The monoisotopic (exact) mass is 411 g/mol. The Morgan fingerprint density at radius 3 is 2.55 bits per heavy atom. The van der Waals surface area contributed by atoms with Crippen molar-refractivity contribution in [2.75, 3.05) is 16.8 Å². The molecule has 8 nitrogen and oxygen atoms in total. The average Bonchev–Trinajstić information content (AvgIpc) is 3.20. The molecule has 0 radical (unpaired) electrons. The Bertz CT molecular complexity index is 1040. The summed E-state index contributed by atoms with van der Waals surface area (Å²) < 4.78 is 0. The zero-order valence-corrected chi connectivity index (χ0v) is 16.6. The van der Waals surface area contributed by atoms with Gasteiger partial charge in [0.25, 0.3) is 11.8 Å². The number of amides is 3. The lowest BCUT2D eigenvalue weighted by atomic mass is 10.1. The maximum absolute atomic E-state index is 12.9. The molecule has 1 N–H and O–H groups in total. The van der Waals surface area contributed by atoms with E-state index < -0.39 is 23.9 Å². The molecule has 0 spiro atoms. The van der Waals surface area contributed by atoms with Gasteiger partial charge in [-0.05, 0) is 43.7 Å². The summed E-state index contributed by atoms with van der Waals surface area (Å²) in [6.45, 7) is 3.50. The van der Waals surface area contributed by atoms with Crippen LogP contribution < -0.4 is 10.2 Å². The van der Waals surface area contributed by atoms with Gasteiger partial charge in [0.1, 0.15) is 6.54 Å². The van der Waals surface area contributed by atoms with Gasteiger partial charge in [0.15, 0.2) is 12.1 Å². The molecule has 4 rings (SSSR count). The van der Waals surface area contributed by atoms with Crippen LogP contribution in [-0.2, 0) is 14.4 Å².